The lowest BCUT2D eigenvalue weighted by Gasteiger charge is -2.05. The second-order valence-corrected chi connectivity index (χ2v) is 3.88. The van der Waals surface area contributed by atoms with E-state index in [-0.39, 0.29) is 5.82 Å². The predicted molar refractivity (Wildman–Crippen MR) is 68.2 cm³/mol. The number of H-pyrrole nitrogens is 2. The van der Waals surface area contributed by atoms with Gasteiger partial charge in [-0.05, 0) is 24.1 Å². The van der Waals surface area contributed by atoms with Crippen molar-refractivity contribution in [2.45, 2.75) is 6.42 Å². The molecule has 100 valence electrons. The van der Waals surface area contributed by atoms with E-state index in [1.165, 1.54) is 0 Å². The molecule has 0 bridgehead atoms. The Morgan fingerprint density at radius 3 is 3.00 bits per heavy atom. The van der Waals surface area contributed by atoms with Crippen LogP contribution in [0.1, 0.15) is 16.2 Å². The molecule has 1 aromatic carbocycles. The van der Waals surface area contributed by atoms with Crippen LogP contribution in [0.25, 0.3) is 0 Å². The van der Waals surface area contributed by atoms with Gasteiger partial charge in [-0.2, -0.15) is 0 Å². The molecule has 0 radical (unpaired) electrons. The molecule has 7 heteroatoms. The Bertz CT molecular complexity index is 617. The first kappa shape index (κ1) is 12.9. The van der Waals surface area contributed by atoms with Crippen LogP contribution >= 0.6 is 0 Å². The fourth-order valence-corrected chi connectivity index (χ4v) is 1.61. The second kappa shape index (κ2) is 5.85. The number of carbonyl (C=O) groups excluding carboxylic acids is 1. The zero-order valence-corrected chi connectivity index (χ0v) is 10.4. The summed E-state index contributed by atoms with van der Waals surface area (Å²) in [5.41, 5.74) is 0.549. The van der Waals surface area contributed by atoms with E-state index in [2.05, 4.69) is 20.5 Å². The van der Waals surface area contributed by atoms with Crippen molar-refractivity contribution in [2.24, 2.45) is 0 Å². The monoisotopic (exact) mass is 262 g/mol. The number of carbonyl (C=O) groups is 1. The Balaban J connectivity index is 1.86. The van der Waals surface area contributed by atoms with E-state index in [4.69, 9.17) is 4.74 Å². The number of aromatic amines is 2. The summed E-state index contributed by atoms with van der Waals surface area (Å²) in [6, 6.07) is 7.60. The van der Waals surface area contributed by atoms with E-state index in [0.717, 1.165) is 11.3 Å². The van der Waals surface area contributed by atoms with Gasteiger partial charge < -0.3 is 10.1 Å². The van der Waals surface area contributed by atoms with Crippen LogP contribution in [-0.2, 0) is 6.42 Å². The van der Waals surface area contributed by atoms with E-state index in [1.807, 2.05) is 24.3 Å². The SMILES string of the molecule is COc1cccc(CCNC(=O)c2n[nH]c(=O)[nH]2)c1. The quantitative estimate of drug-likeness (QED) is 0.710. The summed E-state index contributed by atoms with van der Waals surface area (Å²) in [4.78, 5) is 24.7. The van der Waals surface area contributed by atoms with Crippen molar-refractivity contribution in [1.29, 1.82) is 0 Å². The minimum atomic E-state index is -0.502. The summed E-state index contributed by atoms with van der Waals surface area (Å²) in [6.07, 6.45) is 0.664. The molecule has 0 aliphatic heterocycles. The molecule has 2 rings (SSSR count). The van der Waals surface area contributed by atoms with E-state index in [9.17, 15) is 9.59 Å². The highest BCUT2D eigenvalue weighted by Gasteiger charge is 2.08. The van der Waals surface area contributed by atoms with Crippen molar-refractivity contribution >= 4 is 5.91 Å². The predicted octanol–water partition coefficient (Wildman–Crippen LogP) is 0.0791. The Morgan fingerprint density at radius 1 is 1.47 bits per heavy atom. The standard InChI is InChI=1S/C12H14N4O3/c1-19-9-4-2-3-8(7-9)5-6-13-11(17)10-14-12(18)16-15-10/h2-4,7H,5-6H2,1H3,(H,13,17)(H2,14,15,16,18). The zero-order valence-electron chi connectivity index (χ0n) is 10.4. The summed E-state index contributed by atoms with van der Waals surface area (Å²) >= 11 is 0. The number of nitrogens with zero attached hydrogens (tertiary/aromatic N) is 1. The fourth-order valence-electron chi connectivity index (χ4n) is 1.61. The highest BCUT2D eigenvalue weighted by atomic mass is 16.5. The molecule has 0 saturated heterocycles. The van der Waals surface area contributed by atoms with Crippen LogP contribution in [0.5, 0.6) is 5.75 Å². The Morgan fingerprint density at radius 2 is 2.32 bits per heavy atom. The van der Waals surface area contributed by atoms with Crippen LogP contribution in [0.4, 0.5) is 0 Å². The van der Waals surface area contributed by atoms with Gasteiger partial charge in [0, 0.05) is 6.54 Å². The maximum Gasteiger partial charge on any atom is 0.341 e. The van der Waals surface area contributed by atoms with Gasteiger partial charge in [0.15, 0.2) is 0 Å². The van der Waals surface area contributed by atoms with Crippen LogP contribution < -0.4 is 15.7 Å². The summed E-state index contributed by atoms with van der Waals surface area (Å²) in [6.45, 7) is 0.445. The first-order valence-corrected chi connectivity index (χ1v) is 5.75. The number of rotatable bonds is 5. The summed E-state index contributed by atoms with van der Waals surface area (Å²) in [7, 11) is 1.61. The average Bonchev–Trinajstić information content (AvgIpc) is 2.86. The molecule has 0 saturated carbocycles. The van der Waals surface area contributed by atoms with E-state index < -0.39 is 11.6 Å². The van der Waals surface area contributed by atoms with Gasteiger partial charge in [0.2, 0.25) is 5.82 Å². The lowest BCUT2D eigenvalue weighted by Crippen LogP contribution is -2.27. The molecule has 0 fully saturated rings. The van der Waals surface area contributed by atoms with Gasteiger partial charge in [0.1, 0.15) is 5.75 Å². The molecule has 0 unspecified atom stereocenters. The average molecular weight is 262 g/mol. The molecule has 0 atom stereocenters. The highest BCUT2D eigenvalue weighted by molar-refractivity contribution is 5.90. The third-order valence-corrected chi connectivity index (χ3v) is 2.55. The Labute approximate surface area is 109 Å². The fraction of sp³-hybridized carbons (Fsp3) is 0.250. The van der Waals surface area contributed by atoms with Crippen molar-refractivity contribution in [3.63, 3.8) is 0 Å². The van der Waals surface area contributed by atoms with Crippen LogP contribution in [-0.4, -0.2) is 34.7 Å². The van der Waals surface area contributed by atoms with Gasteiger partial charge in [0.05, 0.1) is 7.11 Å². The summed E-state index contributed by atoms with van der Waals surface area (Å²) < 4.78 is 5.11. The van der Waals surface area contributed by atoms with Crippen LogP contribution in [0.3, 0.4) is 0 Å². The lowest BCUT2D eigenvalue weighted by molar-refractivity contribution is 0.0944. The number of hydrogen-bond donors (Lipinski definition) is 3. The van der Waals surface area contributed by atoms with Crippen molar-refractivity contribution in [3.05, 3.63) is 46.1 Å². The maximum atomic E-state index is 11.6. The Hall–Kier alpha value is -2.57. The summed E-state index contributed by atoms with van der Waals surface area (Å²) in [5.74, 6) is 0.345. The topological polar surface area (TPSA) is 99.9 Å². The van der Waals surface area contributed by atoms with Crippen LogP contribution in [0.2, 0.25) is 0 Å². The molecule has 7 nitrogen and oxygen atoms in total. The van der Waals surface area contributed by atoms with Crippen LogP contribution in [0.15, 0.2) is 29.1 Å². The third kappa shape index (κ3) is 3.44. The first-order valence-electron chi connectivity index (χ1n) is 5.75. The van der Waals surface area contributed by atoms with Crippen LogP contribution in [0, 0.1) is 0 Å². The Kier molecular flexibility index (Phi) is 3.97. The molecule has 1 aromatic heterocycles. The number of ether oxygens (including phenoxy) is 1. The number of methoxy groups -OCH3 is 1. The normalized spacial score (nSPS) is 10.2. The molecule has 0 aliphatic carbocycles. The van der Waals surface area contributed by atoms with Gasteiger partial charge in [0.25, 0.3) is 5.91 Å². The van der Waals surface area contributed by atoms with Gasteiger partial charge in [-0.3, -0.25) is 9.78 Å². The maximum absolute atomic E-state index is 11.6. The third-order valence-electron chi connectivity index (χ3n) is 2.55. The molecular weight excluding hydrogens is 248 g/mol. The zero-order chi connectivity index (χ0) is 13.7. The molecular formula is C12H14N4O3. The number of nitrogens with one attached hydrogen (secondary N) is 3. The number of aromatic nitrogens is 3. The molecule has 0 spiro atoms. The van der Waals surface area contributed by atoms with Gasteiger partial charge in [-0.25, -0.2) is 9.89 Å². The van der Waals surface area contributed by atoms with Gasteiger partial charge in [-0.15, -0.1) is 5.10 Å². The smallest absolute Gasteiger partial charge is 0.341 e. The molecule has 1 amide bonds. The number of benzene rings is 1. The number of hydrogen-bond acceptors (Lipinski definition) is 4. The number of amides is 1. The second-order valence-electron chi connectivity index (χ2n) is 3.88. The largest absolute Gasteiger partial charge is 0.497 e. The van der Waals surface area contributed by atoms with Crippen molar-refractivity contribution in [1.82, 2.24) is 20.5 Å². The first-order chi connectivity index (χ1) is 9.19. The molecule has 3 N–H and O–H groups in total. The van der Waals surface area contributed by atoms with E-state index in [1.54, 1.807) is 7.11 Å². The van der Waals surface area contributed by atoms with E-state index >= 15 is 0 Å². The molecule has 19 heavy (non-hydrogen) atoms. The molecule has 1 heterocycles. The van der Waals surface area contributed by atoms with Gasteiger partial charge >= 0.3 is 5.69 Å². The molecule has 2 aromatic rings. The molecule has 0 aliphatic rings. The summed E-state index contributed by atoms with van der Waals surface area (Å²) in [5, 5.41) is 8.34. The van der Waals surface area contributed by atoms with Crippen molar-refractivity contribution < 1.29 is 9.53 Å². The van der Waals surface area contributed by atoms with Gasteiger partial charge in [-0.1, -0.05) is 12.1 Å². The van der Waals surface area contributed by atoms with E-state index in [0.29, 0.717) is 13.0 Å². The minimum absolute atomic E-state index is 0.0179. The van der Waals surface area contributed by atoms with Crippen molar-refractivity contribution in [3.8, 4) is 5.75 Å². The lowest BCUT2D eigenvalue weighted by atomic mass is 10.1. The highest BCUT2D eigenvalue weighted by Crippen LogP contribution is 2.12. The minimum Gasteiger partial charge on any atom is -0.497 e. The van der Waals surface area contributed by atoms with Crippen molar-refractivity contribution in [2.75, 3.05) is 13.7 Å².